The van der Waals surface area contributed by atoms with Gasteiger partial charge in [0.05, 0.1) is 37.6 Å². The van der Waals surface area contributed by atoms with Crippen LogP contribution in [0.2, 0.25) is 0 Å². The van der Waals surface area contributed by atoms with Crippen molar-refractivity contribution in [2.24, 2.45) is 0 Å². The van der Waals surface area contributed by atoms with Crippen LogP contribution >= 0.6 is 13.5 Å². The van der Waals surface area contributed by atoms with Gasteiger partial charge in [0.2, 0.25) is 11.8 Å². The molecule has 2 aromatic heterocycles. The fourth-order valence-corrected chi connectivity index (χ4v) is 4.13. The minimum absolute atomic E-state index is 0. The number of morpholine rings is 2. The molecule has 10 heteroatoms. The number of fused-ring (bicyclic) bond motifs is 1. The number of hydrogen-bond donors (Lipinski definition) is 0. The van der Waals surface area contributed by atoms with Gasteiger partial charge in [0.1, 0.15) is 12.7 Å². The second kappa shape index (κ2) is 11.0. The highest BCUT2D eigenvalue weighted by Gasteiger charge is 2.23. The van der Waals surface area contributed by atoms with Crippen LogP contribution in [-0.4, -0.2) is 84.5 Å². The van der Waals surface area contributed by atoms with E-state index >= 15 is 0 Å². The summed E-state index contributed by atoms with van der Waals surface area (Å²) in [5.41, 5.74) is 4.22. The predicted molar refractivity (Wildman–Crippen MR) is 134 cm³/mol. The highest BCUT2D eigenvalue weighted by atomic mass is 32.1. The van der Waals surface area contributed by atoms with Crippen LogP contribution in [0.1, 0.15) is 6.92 Å². The molecule has 1 amide bonds. The monoisotopic (exact) mass is 483 g/mol. The molecule has 0 unspecified atom stereocenters. The van der Waals surface area contributed by atoms with Gasteiger partial charge >= 0.3 is 0 Å². The number of carbonyl (C=O) groups is 1. The van der Waals surface area contributed by atoms with Crippen LogP contribution in [0.25, 0.3) is 22.3 Å². The molecule has 1 aromatic carbocycles. The van der Waals surface area contributed by atoms with Gasteiger partial charge in [-0.1, -0.05) is 12.1 Å². The number of carbonyl (C=O) groups excluding carboxylic acids is 1. The molecular weight excluding hydrogens is 454 g/mol. The molecule has 2 fully saturated rings. The van der Waals surface area contributed by atoms with Crippen molar-refractivity contribution in [3.63, 3.8) is 0 Å². The van der Waals surface area contributed by atoms with Gasteiger partial charge in [0.25, 0.3) is 0 Å². The molecule has 9 nitrogen and oxygen atoms in total. The first-order valence-corrected chi connectivity index (χ1v) is 11.2. The summed E-state index contributed by atoms with van der Waals surface area (Å²) < 4.78 is 17.3. The molecule has 1 atom stereocenters. The maximum atomic E-state index is 11.7. The number of nitrogens with zero attached hydrogens (tertiary/aromatic N) is 5. The van der Waals surface area contributed by atoms with Gasteiger partial charge in [-0.25, -0.2) is 9.97 Å². The van der Waals surface area contributed by atoms with E-state index in [-0.39, 0.29) is 32.1 Å². The summed E-state index contributed by atoms with van der Waals surface area (Å²) in [4.78, 5) is 29.4. The van der Waals surface area contributed by atoms with Gasteiger partial charge in [-0.2, -0.15) is 13.5 Å². The van der Waals surface area contributed by atoms with Gasteiger partial charge in [-0.3, -0.25) is 9.78 Å². The first-order chi connectivity index (χ1) is 16.2. The summed E-state index contributed by atoms with van der Waals surface area (Å²) in [6.45, 7) is 6.75. The standard InChI is InChI=1S/C24H27N5O4.H2S/c1-17(30)29-10-13-32-20(15-29)16-33-24-23-22(25-6-7-26-23)14-21(27-24)18-2-4-19(5-3-18)28-8-11-31-12-9-28;/h2-7,14,20H,8-13,15-16H2,1H3;1H2/t20-;/m0./s1. The molecule has 0 N–H and O–H groups in total. The van der Waals surface area contributed by atoms with Crippen molar-refractivity contribution < 1.29 is 19.0 Å². The highest BCUT2D eigenvalue weighted by molar-refractivity contribution is 7.59. The maximum absolute atomic E-state index is 11.7. The van der Waals surface area contributed by atoms with E-state index in [1.54, 1.807) is 24.2 Å². The lowest BCUT2D eigenvalue weighted by molar-refractivity contribution is -0.137. The Bertz CT molecular complexity index is 1120. The summed E-state index contributed by atoms with van der Waals surface area (Å²) in [6, 6.07) is 10.3. The van der Waals surface area contributed by atoms with Crippen molar-refractivity contribution in [3.05, 3.63) is 42.7 Å². The van der Waals surface area contributed by atoms with Crippen molar-refractivity contribution >= 4 is 36.1 Å². The third-order valence-corrected chi connectivity index (χ3v) is 5.95. The lowest BCUT2D eigenvalue weighted by atomic mass is 10.1. The molecule has 4 heterocycles. The van der Waals surface area contributed by atoms with E-state index in [2.05, 4.69) is 39.1 Å². The summed E-state index contributed by atoms with van der Waals surface area (Å²) in [6.07, 6.45) is 3.07. The van der Waals surface area contributed by atoms with E-state index in [4.69, 9.17) is 19.2 Å². The molecule has 180 valence electrons. The second-order valence-corrected chi connectivity index (χ2v) is 8.15. The normalized spacial score (nSPS) is 18.4. The van der Waals surface area contributed by atoms with Crippen molar-refractivity contribution in [3.8, 4) is 17.1 Å². The Kier molecular flexibility index (Phi) is 7.81. The Labute approximate surface area is 205 Å². The van der Waals surface area contributed by atoms with Crippen LogP contribution in [0.5, 0.6) is 5.88 Å². The molecule has 0 bridgehead atoms. The summed E-state index contributed by atoms with van der Waals surface area (Å²) in [7, 11) is 0. The first kappa shape index (κ1) is 24.2. The summed E-state index contributed by atoms with van der Waals surface area (Å²) in [5.74, 6) is 0.455. The van der Waals surface area contributed by atoms with Gasteiger partial charge in [0, 0.05) is 50.2 Å². The number of benzene rings is 1. The quantitative estimate of drug-likeness (QED) is 0.546. The van der Waals surface area contributed by atoms with Gasteiger partial charge in [-0.15, -0.1) is 0 Å². The Morgan fingerprint density at radius 3 is 2.62 bits per heavy atom. The van der Waals surface area contributed by atoms with Crippen LogP contribution in [0.15, 0.2) is 42.7 Å². The number of anilines is 1. The molecule has 0 saturated carbocycles. The fraction of sp³-hybridized carbons (Fsp3) is 0.417. The zero-order chi connectivity index (χ0) is 22.6. The molecular formula is C24H29N5O4S. The number of amides is 1. The SMILES string of the molecule is CC(=O)N1CCO[C@H](COc2nc(-c3ccc(N4CCOCC4)cc3)cc3nccnc23)C1.S. The van der Waals surface area contributed by atoms with Crippen LogP contribution in [-0.2, 0) is 14.3 Å². The van der Waals surface area contributed by atoms with Gasteiger partial charge in [-0.05, 0) is 18.2 Å². The van der Waals surface area contributed by atoms with Crippen molar-refractivity contribution in [1.29, 1.82) is 0 Å². The zero-order valence-corrected chi connectivity index (χ0v) is 20.1. The molecule has 0 radical (unpaired) electrons. The van der Waals surface area contributed by atoms with Crippen LogP contribution < -0.4 is 9.64 Å². The molecule has 2 aliphatic heterocycles. The topological polar surface area (TPSA) is 89.9 Å². The van der Waals surface area contributed by atoms with Crippen molar-refractivity contribution in [1.82, 2.24) is 19.9 Å². The Balaban J connectivity index is 0.00000274. The predicted octanol–water partition coefficient (Wildman–Crippen LogP) is 2.27. The number of rotatable bonds is 5. The first-order valence-electron chi connectivity index (χ1n) is 11.2. The van der Waals surface area contributed by atoms with E-state index in [0.29, 0.717) is 36.6 Å². The smallest absolute Gasteiger partial charge is 0.242 e. The van der Waals surface area contributed by atoms with E-state index in [1.165, 1.54) is 5.69 Å². The van der Waals surface area contributed by atoms with E-state index in [9.17, 15) is 4.79 Å². The largest absolute Gasteiger partial charge is 0.473 e. The van der Waals surface area contributed by atoms with Crippen LogP contribution in [0, 0.1) is 0 Å². The van der Waals surface area contributed by atoms with Crippen LogP contribution in [0.3, 0.4) is 0 Å². The van der Waals surface area contributed by atoms with Crippen molar-refractivity contribution in [2.45, 2.75) is 13.0 Å². The third-order valence-electron chi connectivity index (χ3n) is 5.95. The number of pyridine rings is 1. The Morgan fingerprint density at radius 2 is 1.85 bits per heavy atom. The number of aromatic nitrogens is 3. The lowest BCUT2D eigenvalue weighted by Gasteiger charge is -2.32. The summed E-state index contributed by atoms with van der Waals surface area (Å²) >= 11 is 0. The second-order valence-electron chi connectivity index (χ2n) is 8.15. The van der Waals surface area contributed by atoms with Gasteiger partial charge in [0.15, 0.2) is 5.52 Å². The summed E-state index contributed by atoms with van der Waals surface area (Å²) in [5, 5.41) is 0. The number of ether oxygens (including phenoxy) is 3. The number of hydrogen-bond acceptors (Lipinski definition) is 8. The molecule has 2 saturated heterocycles. The molecule has 3 aromatic rings. The highest BCUT2D eigenvalue weighted by Crippen LogP contribution is 2.28. The zero-order valence-electron chi connectivity index (χ0n) is 19.1. The van der Waals surface area contributed by atoms with E-state index < -0.39 is 0 Å². The molecule has 0 aliphatic carbocycles. The lowest BCUT2D eigenvalue weighted by Crippen LogP contribution is -2.46. The average Bonchev–Trinajstić information content (AvgIpc) is 2.88. The van der Waals surface area contributed by atoms with E-state index in [1.807, 2.05) is 6.07 Å². The third kappa shape index (κ3) is 5.40. The molecule has 34 heavy (non-hydrogen) atoms. The minimum atomic E-state index is -0.215. The van der Waals surface area contributed by atoms with E-state index in [0.717, 1.165) is 37.6 Å². The van der Waals surface area contributed by atoms with Crippen LogP contribution in [0.4, 0.5) is 5.69 Å². The average molecular weight is 484 g/mol. The maximum Gasteiger partial charge on any atom is 0.242 e. The Morgan fingerprint density at radius 1 is 1.09 bits per heavy atom. The Hall–Kier alpha value is -2.95. The molecule has 5 rings (SSSR count). The van der Waals surface area contributed by atoms with Gasteiger partial charge < -0.3 is 24.0 Å². The minimum Gasteiger partial charge on any atom is -0.473 e. The molecule has 0 spiro atoms. The fourth-order valence-electron chi connectivity index (χ4n) is 4.13. The molecule has 2 aliphatic rings. The van der Waals surface area contributed by atoms with Crippen molar-refractivity contribution in [2.75, 3.05) is 57.5 Å².